The lowest BCUT2D eigenvalue weighted by atomic mass is 10.3. The van der Waals surface area contributed by atoms with E-state index in [4.69, 9.17) is 14.2 Å². The number of benzene rings is 1. The molecule has 6 heteroatoms. The van der Waals surface area contributed by atoms with Crippen molar-refractivity contribution in [1.29, 1.82) is 0 Å². The van der Waals surface area contributed by atoms with Gasteiger partial charge in [0.2, 0.25) is 0 Å². The molecule has 0 aliphatic heterocycles. The summed E-state index contributed by atoms with van der Waals surface area (Å²) in [6.07, 6.45) is 0. The highest BCUT2D eigenvalue weighted by Crippen LogP contribution is 2.26. The van der Waals surface area contributed by atoms with Crippen molar-refractivity contribution in [3.05, 3.63) is 24.3 Å². The molecule has 0 fully saturated rings. The summed E-state index contributed by atoms with van der Waals surface area (Å²) in [5.74, 6) is 0.189. The van der Waals surface area contributed by atoms with Crippen LogP contribution in [0.5, 0.6) is 11.5 Å². The van der Waals surface area contributed by atoms with E-state index in [9.17, 15) is 9.59 Å². The molecule has 1 rings (SSSR count). The van der Waals surface area contributed by atoms with Gasteiger partial charge in [0.15, 0.2) is 18.1 Å². The van der Waals surface area contributed by atoms with E-state index in [1.54, 1.807) is 25.1 Å². The van der Waals surface area contributed by atoms with Gasteiger partial charge in [-0.2, -0.15) is 0 Å². The Hall–Kier alpha value is -2.24. The Morgan fingerprint density at radius 2 is 1.70 bits per heavy atom. The van der Waals surface area contributed by atoms with Crippen LogP contribution in [0, 0.1) is 0 Å². The number of hydrogen-bond donors (Lipinski definition) is 1. The van der Waals surface area contributed by atoms with Gasteiger partial charge in [0.05, 0.1) is 13.2 Å². The number of rotatable bonds is 8. The van der Waals surface area contributed by atoms with Gasteiger partial charge in [-0.25, -0.2) is 0 Å². The SMILES string of the molecule is CCOC(=O)CNC(=O)COc1ccccc1OCC. The van der Waals surface area contributed by atoms with Crippen molar-refractivity contribution < 1.29 is 23.8 Å². The molecule has 0 unspecified atom stereocenters. The number of amides is 1. The predicted molar refractivity (Wildman–Crippen MR) is 72.7 cm³/mol. The molecule has 0 spiro atoms. The number of ether oxygens (including phenoxy) is 3. The fourth-order valence-corrected chi connectivity index (χ4v) is 1.42. The summed E-state index contributed by atoms with van der Waals surface area (Å²) in [5, 5.41) is 2.41. The van der Waals surface area contributed by atoms with Crippen molar-refractivity contribution in [3.8, 4) is 11.5 Å². The Labute approximate surface area is 118 Å². The second-order valence-corrected chi connectivity index (χ2v) is 3.75. The predicted octanol–water partition coefficient (Wildman–Crippen LogP) is 1.14. The minimum atomic E-state index is -0.476. The molecule has 6 nitrogen and oxygen atoms in total. The van der Waals surface area contributed by atoms with Crippen LogP contribution in [0.25, 0.3) is 0 Å². The molecule has 0 heterocycles. The molecule has 0 saturated heterocycles. The number of hydrogen-bond acceptors (Lipinski definition) is 5. The number of carbonyl (C=O) groups excluding carboxylic acids is 2. The highest BCUT2D eigenvalue weighted by Gasteiger charge is 2.09. The Kier molecular flexibility index (Phi) is 6.95. The first kappa shape index (κ1) is 15.8. The molecule has 1 amide bonds. The molecule has 0 atom stereocenters. The van der Waals surface area contributed by atoms with Gasteiger partial charge in [-0.1, -0.05) is 12.1 Å². The topological polar surface area (TPSA) is 73.9 Å². The van der Waals surface area contributed by atoms with Crippen LogP contribution in [0.4, 0.5) is 0 Å². The Morgan fingerprint density at radius 1 is 1.05 bits per heavy atom. The molecular weight excluding hydrogens is 262 g/mol. The van der Waals surface area contributed by atoms with Crippen LogP contribution in [-0.4, -0.2) is 38.2 Å². The van der Waals surface area contributed by atoms with Crippen LogP contribution in [-0.2, 0) is 14.3 Å². The van der Waals surface area contributed by atoms with Crippen molar-refractivity contribution in [2.24, 2.45) is 0 Å². The monoisotopic (exact) mass is 281 g/mol. The van der Waals surface area contributed by atoms with Crippen LogP contribution in [0.3, 0.4) is 0 Å². The van der Waals surface area contributed by atoms with Gasteiger partial charge in [-0.15, -0.1) is 0 Å². The maximum Gasteiger partial charge on any atom is 0.325 e. The molecule has 1 N–H and O–H groups in total. The first-order chi connectivity index (χ1) is 9.67. The summed E-state index contributed by atoms with van der Waals surface area (Å²) in [5.41, 5.74) is 0. The molecule has 0 radical (unpaired) electrons. The molecule has 0 aliphatic carbocycles. The van der Waals surface area contributed by atoms with E-state index in [-0.39, 0.29) is 19.8 Å². The van der Waals surface area contributed by atoms with Gasteiger partial charge >= 0.3 is 5.97 Å². The van der Waals surface area contributed by atoms with Crippen LogP contribution in [0.1, 0.15) is 13.8 Å². The standard InChI is InChI=1S/C14H19NO5/c1-3-18-11-7-5-6-8-12(11)20-10-13(16)15-9-14(17)19-4-2/h5-8H,3-4,9-10H2,1-2H3,(H,15,16). The third kappa shape index (κ3) is 5.60. The highest BCUT2D eigenvalue weighted by atomic mass is 16.5. The van der Waals surface area contributed by atoms with Gasteiger partial charge in [0, 0.05) is 0 Å². The fourth-order valence-electron chi connectivity index (χ4n) is 1.42. The van der Waals surface area contributed by atoms with Crippen LogP contribution < -0.4 is 14.8 Å². The average Bonchev–Trinajstić information content (AvgIpc) is 2.45. The number of nitrogens with one attached hydrogen (secondary N) is 1. The van der Waals surface area contributed by atoms with Crippen molar-refractivity contribution in [2.45, 2.75) is 13.8 Å². The maximum absolute atomic E-state index is 11.5. The van der Waals surface area contributed by atoms with Gasteiger partial charge in [-0.3, -0.25) is 9.59 Å². The van der Waals surface area contributed by atoms with Crippen molar-refractivity contribution >= 4 is 11.9 Å². The molecule has 0 aromatic heterocycles. The van der Waals surface area contributed by atoms with E-state index in [2.05, 4.69) is 5.32 Å². The van der Waals surface area contributed by atoms with E-state index < -0.39 is 11.9 Å². The third-order valence-electron chi connectivity index (χ3n) is 2.24. The fraction of sp³-hybridized carbons (Fsp3) is 0.429. The zero-order chi connectivity index (χ0) is 14.8. The number of para-hydroxylation sites is 2. The van der Waals surface area contributed by atoms with E-state index in [0.29, 0.717) is 18.1 Å². The molecule has 1 aromatic carbocycles. The van der Waals surface area contributed by atoms with E-state index in [1.807, 2.05) is 13.0 Å². The summed E-state index contributed by atoms with van der Waals surface area (Å²) < 4.78 is 15.4. The first-order valence-corrected chi connectivity index (χ1v) is 6.44. The number of esters is 1. The average molecular weight is 281 g/mol. The minimum Gasteiger partial charge on any atom is -0.490 e. The smallest absolute Gasteiger partial charge is 0.325 e. The second-order valence-electron chi connectivity index (χ2n) is 3.75. The molecule has 20 heavy (non-hydrogen) atoms. The van der Waals surface area contributed by atoms with Gasteiger partial charge in [0.1, 0.15) is 6.54 Å². The van der Waals surface area contributed by atoms with Gasteiger partial charge in [-0.05, 0) is 26.0 Å². The second kappa shape index (κ2) is 8.79. The highest BCUT2D eigenvalue weighted by molar-refractivity contribution is 5.82. The first-order valence-electron chi connectivity index (χ1n) is 6.44. The lowest BCUT2D eigenvalue weighted by Gasteiger charge is -2.11. The summed E-state index contributed by atoms with van der Waals surface area (Å²) in [7, 11) is 0. The Bertz CT molecular complexity index is 447. The largest absolute Gasteiger partial charge is 0.490 e. The number of carbonyl (C=O) groups is 2. The normalized spacial score (nSPS) is 9.70. The van der Waals surface area contributed by atoms with Crippen LogP contribution in [0.15, 0.2) is 24.3 Å². The van der Waals surface area contributed by atoms with E-state index >= 15 is 0 Å². The van der Waals surface area contributed by atoms with Gasteiger partial charge in [0.25, 0.3) is 5.91 Å². The lowest BCUT2D eigenvalue weighted by molar-refractivity contribution is -0.143. The van der Waals surface area contributed by atoms with E-state index in [1.165, 1.54) is 0 Å². The molecule has 0 bridgehead atoms. The van der Waals surface area contributed by atoms with Gasteiger partial charge < -0.3 is 19.5 Å². The Balaban J connectivity index is 2.39. The molecule has 110 valence electrons. The Morgan fingerprint density at radius 3 is 2.30 bits per heavy atom. The lowest BCUT2D eigenvalue weighted by Crippen LogP contribution is -2.34. The molecular formula is C14H19NO5. The summed E-state index contributed by atoms with van der Waals surface area (Å²) in [6, 6.07) is 7.08. The summed E-state index contributed by atoms with van der Waals surface area (Å²) in [4.78, 5) is 22.6. The zero-order valence-electron chi connectivity index (χ0n) is 11.7. The summed E-state index contributed by atoms with van der Waals surface area (Å²) >= 11 is 0. The van der Waals surface area contributed by atoms with Crippen LogP contribution >= 0.6 is 0 Å². The molecule has 0 aliphatic rings. The molecule has 0 saturated carbocycles. The van der Waals surface area contributed by atoms with Crippen molar-refractivity contribution in [1.82, 2.24) is 5.32 Å². The quantitative estimate of drug-likeness (QED) is 0.723. The van der Waals surface area contributed by atoms with Crippen molar-refractivity contribution in [2.75, 3.05) is 26.4 Å². The zero-order valence-corrected chi connectivity index (χ0v) is 11.7. The summed E-state index contributed by atoms with van der Waals surface area (Å²) in [6.45, 7) is 4.01. The maximum atomic E-state index is 11.5. The van der Waals surface area contributed by atoms with Crippen LogP contribution in [0.2, 0.25) is 0 Å². The van der Waals surface area contributed by atoms with E-state index in [0.717, 1.165) is 0 Å². The third-order valence-corrected chi connectivity index (χ3v) is 2.24. The minimum absolute atomic E-state index is 0.164. The molecule has 1 aromatic rings. The van der Waals surface area contributed by atoms with Crippen molar-refractivity contribution in [3.63, 3.8) is 0 Å².